The molecule has 0 spiro atoms. The number of methoxy groups -OCH3 is 1. The first kappa shape index (κ1) is 15.6. The molecule has 1 N–H and O–H groups in total. The lowest BCUT2D eigenvalue weighted by molar-refractivity contribution is 0.199. The van der Waals surface area contributed by atoms with E-state index >= 15 is 0 Å². The summed E-state index contributed by atoms with van der Waals surface area (Å²) in [5.74, 6) is 3.64. The van der Waals surface area contributed by atoms with E-state index in [4.69, 9.17) is 4.74 Å². The second-order valence-electron chi connectivity index (χ2n) is 5.11. The van der Waals surface area contributed by atoms with Crippen molar-refractivity contribution in [2.75, 3.05) is 49.8 Å². The monoisotopic (exact) mass is 295 g/mol. The second kappa shape index (κ2) is 8.49. The van der Waals surface area contributed by atoms with Gasteiger partial charge in [-0.2, -0.15) is 11.8 Å². The maximum Gasteiger partial charge on any atom is 0.131 e. The maximum absolute atomic E-state index is 5.03. The molecule has 1 aromatic heterocycles. The average molecular weight is 295 g/mol. The highest BCUT2D eigenvalue weighted by Crippen LogP contribution is 2.21. The predicted octanol–water partition coefficient (Wildman–Crippen LogP) is 2.07. The molecule has 1 aliphatic heterocycles. The number of anilines is 1. The number of hydrogen-bond acceptors (Lipinski definition) is 5. The van der Waals surface area contributed by atoms with Crippen molar-refractivity contribution in [3.8, 4) is 0 Å². The van der Waals surface area contributed by atoms with Crippen molar-refractivity contribution in [2.45, 2.75) is 19.9 Å². The lowest BCUT2D eigenvalue weighted by atomic mass is 10.2. The molecule has 0 atom stereocenters. The molecular formula is C15H25N3OS. The van der Waals surface area contributed by atoms with Gasteiger partial charge in [0.1, 0.15) is 5.82 Å². The van der Waals surface area contributed by atoms with E-state index < -0.39 is 0 Å². The number of nitrogens with zero attached hydrogens (tertiary/aromatic N) is 2. The van der Waals surface area contributed by atoms with Gasteiger partial charge in [0.05, 0.1) is 6.61 Å². The smallest absolute Gasteiger partial charge is 0.131 e. The van der Waals surface area contributed by atoms with Crippen LogP contribution in [0.15, 0.2) is 12.3 Å². The van der Waals surface area contributed by atoms with Gasteiger partial charge in [-0.25, -0.2) is 4.98 Å². The zero-order valence-corrected chi connectivity index (χ0v) is 13.3. The highest BCUT2D eigenvalue weighted by Gasteiger charge is 2.13. The van der Waals surface area contributed by atoms with Crippen LogP contribution in [0.1, 0.15) is 17.5 Å². The molecule has 0 unspecified atom stereocenters. The molecule has 2 rings (SSSR count). The normalized spacial score (nSPS) is 16.2. The van der Waals surface area contributed by atoms with Gasteiger partial charge in [0.15, 0.2) is 0 Å². The van der Waals surface area contributed by atoms with Gasteiger partial charge in [-0.15, -0.1) is 0 Å². The van der Waals surface area contributed by atoms with Crippen LogP contribution in [0, 0.1) is 6.92 Å². The summed E-state index contributed by atoms with van der Waals surface area (Å²) in [4.78, 5) is 7.12. The predicted molar refractivity (Wildman–Crippen MR) is 86.7 cm³/mol. The molecule has 5 heteroatoms. The van der Waals surface area contributed by atoms with E-state index in [-0.39, 0.29) is 0 Å². The van der Waals surface area contributed by atoms with Crippen LogP contribution in [0.2, 0.25) is 0 Å². The third-order valence-electron chi connectivity index (χ3n) is 3.44. The zero-order valence-electron chi connectivity index (χ0n) is 12.5. The summed E-state index contributed by atoms with van der Waals surface area (Å²) < 4.78 is 5.03. The summed E-state index contributed by atoms with van der Waals surface area (Å²) in [6.45, 7) is 6.89. The van der Waals surface area contributed by atoms with Gasteiger partial charge in [0.2, 0.25) is 0 Å². The van der Waals surface area contributed by atoms with Crippen molar-refractivity contribution in [3.63, 3.8) is 0 Å². The molecule has 20 heavy (non-hydrogen) atoms. The van der Waals surface area contributed by atoms with E-state index in [0.29, 0.717) is 0 Å². The molecule has 1 aromatic rings. The molecule has 1 fully saturated rings. The molecule has 4 nitrogen and oxygen atoms in total. The number of ether oxygens (including phenoxy) is 1. The van der Waals surface area contributed by atoms with Crippen molar-refractivity contribution >= 4 is 17.6 Å². The summed E-state index contributed by atoms with van der Waals surface area (Å²) >= 11 is 2.05. The number of aryl methyl sites for hydroxylation is 1. The molecule has 0 bridgehead atoms. The minimum absolute atomic E-state index is 0.746. The number of pyridine rings is 1. The molecular weight excluding hydrogens is 270 g/mol. The Bertz CT molecular complexity index is 406. The van der Waals surface area contributed by atoms with E-state index in [1.54, 1.807) is 7.11 Å². The fourth-order valence-corrected chi connectivity index (χ4v) is 3.31. The summed E-state index contributed by atoms with van der Waals surface area (Å²) in [5, 5.41) is 3.36. The molecule has 1 saturated heterocycles. The summed E-state index contributed by atoms with van der Waals surface area (Å²) in [6.07, 6.45) is 3.26. The molecule has 0 aromatic carbocycles. The van der Waals surface area contributed by atoms with Gasteiger partial charge < -0.3 is 15.0 Å². The van der Waals surface area contributed by atoms with E-state index in [0.717, 1.165) is 38.6 Å². The van der Waals surface area contributed by atoms with Crippen molar-refractivity contribution in [2.24, 2.45) is 0 Å². The van der Waals surface area contributed by atoms with E-state index in [1.165, 1.54) is 29.1 Å². The highest BCUT2D eigenvalue weighted by atomic mass is 32.2. The van der Waals surface area contributed by atoms with Gasteiger partial charge in [0, 0.05) is 45.2 Å². The Kier molecular flexibility index (Phi) is 6.63. The fraction of sp³-hybridized carbons (Fsp3) is 0.667. The summed E-state index contributed by atoms with van der Waals surface area (Å²) in [7, 11) is 1.72. The largest absolute Gasteiger partial charge is 0.383 e. The number of hydrogen-bond donors (Lipinski definition) is 1. The molecule has 0 aliphatic carbocycles. The van der Waals surface area contributed by atoms with Gasteiger partial charge >= 0.3 is 0 Å². The van der Waals surface area contributed by atoms with Gasteiger partial charge in [0.25, 0.3) is 0 Å². The number of nitrogens with one attached hydrogen (secondary N) is 1. The third-order valence-corrected chi connectivity index (χ3v) is 4.49. The quantitative estimate of drug-likeness (QED) is 0.813. The molecule has 2 heterocycles. The minimum Gasteiger partial charge on any atom is -0.383 e. The molecule has 0 saturated carbocycles. The van der Waals surface area contributed by atoms with E-state index in [2.05, 4.69) is 28.2 Å². The Morgan fingerprint density at radius 3 is 3.10 bits per heavy atom. The summed E-state index contributed by atoms with van der Waals surface area (Å²) in [5.41, 5.74) is 2.52. The molecule has 1 aliphatic rings. The first-order valence-electron chi connectivity index (χ1n) is 7.29. The van der Waals surface area contributed by atoms with Crippen LogP contribution < -0.4 is 10.2 Å². The van der Waals surface area contributed by atoms with Crippen LogP contribution >= 0.6 is 11.8 Å². The Morgan fingerprint density at radius 2 is 2.30 bits per heavy atom. The number of rotatable bonds is 6. The maximum atomic E-state index is 5.03. The Labute approximate surface area is 126 Å². The zero-order chi connectivity index (χ0) is 14.2. The standard InChI is InChI=1S/C15H25N3OS/c1-13-10-14(11-16-4-7-19-2)12-17-15(13)18-5-3-8-20-9-6-18/h10,12,16H,3-9,11H2,1-2H3. The lowest BCUT2D eigenvalue weighted by Gasteiger charge is -2.23. The molecule has 0 radical (unpaired) electrons. The first-order chi connectivity index (χ1) is 9.81. The Hall–Kier alpha value is -0.780. The van der Waals surface area contributed by atoms with E-state index in [9.17, 15) is 0 Å². The van der Waals surface area contributed by atoms with Gasteiger partial charge in [-0.3, -0.25) is 0 Å². The van der Waals surface area contributed by atoms with Crippen molar-refractivity contribution < 1.29 is 4.74 Å². The van der Waals surface area contributed by atoms with Crippen LogP contribution in [-0.4, -0.2) is 49.8 Å². The van der Waals surface area contributed by atoms with E-state index in [1.807, 2.05) is 18.0 Å². The fourth-order valence-electron chi connectivity index (χ4n) is 2.42. The van der Waals surface area contributed by atoms with Crippen molar-refractivity contribution in [3.05, 3.63) is 23.4 Å². The molecule has 0 amide bonds. The van der Waals surface area contributed by atoms with Crippen LogP contribution in [-0.2, 0) is 11.3 Å². The van der Waals surface area contributed by atoms with Gasteiger partial charge in [-0.05, 0) is 36.3 Å². The van der Waals surface area contributed by atoms with Crippen molar-refractivity contribution in [1.29, 1.82) is 0 Å². The number of aromatic nitrogens is 1. The topological polar surface area (TPSA) is 37.4 Å². The Balaban J connectivity index is 1.94. The lowest BCUT2D eigenvalue weighted by Crippen LogP contribution is -2.27. The van der Waals surface area contributed by atoms with Crippen LogP contribution in [0.4, 0.5) is 5.82 Å². The summed E-state index contributed by atoms with van der Waals surface area (Å²) in [6, 6.07) is 2.25. The van der Waals surface area contributed by atoms with Crippen LogP contribution in [0.3, 0.4) is 0 Å². The highest BCUT2D eigenvalue weighted by molar-refractivity contribution is 7.99. The van der Waals surface area contributed by atoms with Crippen LogP contribution in [0.25, 0.3) is 0 Å². The SMILES string of the molecule is COCCNCc1cnc(N2CCCSCC2)c(C)c1. The van der Waals surface area contributed by atoms with Crippen LogP contribution in [0.5, 0.6) is 0 Å². The third kappa shape index (κ3) is 4.65. The second-order valence-corrected chi connectivity index (χ2v) is 6.33. The minimum atomic E-state index is 0.746. The Morgan fingerprint density at radius 1 is 1.40 bits per heavy atom. The first-order valence-corrected chi connectivity index (χ1v) is 8.44. The molecule has 112 valence electrons. The van der Waals surface area contributed by atoms with Gasteiger partial charge in [-0.1, -0.05) is 0 Å². The number of thioether (sulfide) groups is 1. The van der Waals surface area contributed by atoms with Crippen molar-refractivity contribution in [1.82, 2.24) is 10.3 Å². The average Bonchev–Trinajstić information content (AvgIpc) is 2.73.